The van der Waals surface area contributed by atoms with Crippen LogP contribution in [0, 0.1) is 5.92 Å². The highest BCUT2D eigenvalue weighted by Crippen LogP contribution is 2.36. The van der Waals surface area contributed by atoms with Gasteiger partial charge in [0.05, 0.1) is 0 Å². The first kappa shape index (κ1) is 14.2. The predicted octanol–water partition coefficient (Wildman–Crippen LogP) is 4.37. The molecule has 0 radical (unpaired) electrons. The van der Waals surface area contributed by atoms with E-state index in [9.17, 15) is 5.11 Å². The van der Waals surface area contributed by atoms with Gasteiger partial charge in [-0.25, -0.2) is 0 Å². The molecule has 0 aromatic heterocycles. The van der Waals surface area contributed by atoms with Gasteiger partial charge in [-0.1, -0.05) is 50.2 Å². The zero-order valence-electron chi connectivity index (χ0n) is 12.7. The van der Waals surface area contributed by atoms with Crippen molar-refractivity contribution in [1.82, 2.24) is 5.32 Å². The first-order valence-electron chi connectivity index (χ1n) is 7.78. The topological polar surface area (TPSA) is 32.3 Å². The van der Waals surface area contributed by atoms with Crippen molar-refractivity contribution in [3.63, 3.8) is 0 Å². The first-order chi connectivity index (χ1) is 10.1. The highest BCUT2D eigenvalue weighted by Gasteiger charge is 2.26. The summed E-state index contributed by atoms with van der Waals surface area (Å²) < 4.78 is 0. The summed E-state index contributed by atoms with van der Waals surface area (Å²) in [4.78, 5) is 0. The maximum Gasteiger partial charge on any atom is 0.115 e. The van der Waals surface area contributed by atoms with Crippen LogP contribution in [-0.4, -0.2) is 5.11 Å². The molecule has 0 spiro atoms. The highest BCUT2D eigenvalue weighted by atomic mass is 16.3. The molecular weight excluding hydrogens is 258 g/mol. The van der Waals surface area contributed by atoms with Crippen LogP contribution in [-0.2, 0) is 6.42 Å². The molecule has 2 nitrogen and oxygen atoms in total. The molecule has 2 heteroatoms. The van der Waals surface area contributed by atoms with Gasteiger partial charge in [0.2, 0.25) is 0 Å². The van der Waals surface area contributed by atoms with Gasteiger partial charge in [0.25, 0.3) is 0 Å². The summed E-state index contributed by atoms with van der Waals surface area (Å²) in [6.07, 6.45) is 2.15. The minimum absolute atomic E-state index is 0.357. The fourth-order valence-corrected chi connectivity index (χ4v) is 3.33. The van der Waals surface area contributed by atoms with Crippen molar-refractivity contribution >= 4 is 0 Å². The number of hydrogen-bond donors (Lipinski definition) is 2. The fraction of sp³-hybridized carbons (Fsp3) is 0.368. The Morgan fingerprint density at radius 2 is 1.86 bits per heavy atom. The van der Waals surface area contributed by atoms with Crippen molar-refractivity contribution in [2.24, 2.45) is 5.92 Å². The van der Waals surface area contributed by atoms with Crippen molar-refractivity contribution in [2.45, 2.75) is 38.8 Å². The van der Waals surface area contributed by atoms with Crippen LogP contribution in [0.3, 0.4) is 0 Å². The molecule has 2 unspecified atom stereocenters. The summed E-state index contributed by atoms with van der Waals surface area (Å²) >= 11 is 0. The molecule has 2 aromatic rings. The average molecular weight is 281 g/mol. The Labute approximate surface area is 126 Å². The molecule has 0 saturated carbocycles. The van der Waals surface area contributed by atoms with E-state index in [1.165, 1.54) is 16.7 Å². The smallest absolute Gasteiger partial charge is 0.115 e. The molecule has 1 aliphatic carbocycles. The zero-order valence-corrected chi connectivity index (χ0v) is 12.7. The minimum Gasteiger partial charge on any atom is -0.508 e. The Morgan fingerprint density at radius 3 is 2.57 bits per heavy atom. The van der Waals surface area contributed by atoms with E-state index in [0.29, 0.717) is 23.8 Å². The van der Waals surface area contributed by atoms with E-state index in [0.717, 1.165) is 12.8 Å². The van der Waals surface area contributed by atoms with Crippen LogP contribution >= 0.6 is 0 Å². The summed E-state index contributed by atoms with van der Waals surface area (Å²) in [5, 5.41) is 13.4. The third-order valence-corrected chi connectivity index (χ3v) is 4.41. The molecule has 1 aliphatic rings. The van der Waals surface area contributed by atoms with Gasteiger partial charge in [-0.3, -0.25) is 0 Å². The van der Waals surface area contributed by atoms with E-state index in [-0.39, 0.29) is 0 Å². The molecule has 110 valence electrons. The number of rotatable bonds is 4. The summed E-state index contributed by atoms with van der Waals surface area (Å²) in [7, 11) is 0. The molecule has 0 heterocycles. The normalized spacial score (nSPS) is 18.7. The molecular formula is C19H23NO. The lowest BCUT2D eigenvalue weighted by Gasteiger charge is -2.27. The molecule has 0 fully saturated rings. The van der Waals surface area contributed by atoms with Gasteiger partial charge in [-0.15, -0.1) is 0 Å². The molecule has 2 atom stereocenters. The minimum atomic E-state index is 0.357. The van der Waals surface area contributed by atoms with Gasteiger partial charge in [0.1, 0.15) is 5.75 Å². The average Bonchev–Trinajstić information content (AvgIpc) is 2.87. The highest BCUT2D eigenvalue weighted by molar-refractivity contribution is 5.40. The van der Waals surface area contributed by atoms with Gasteiger partial charge in [0, 0.05) is 12.1 Å². The van der Waals surface area contributed by atoms with Crippen LogP contribution in [0.4, 0.5) is 0 Å². The second-order valence-corrected chi connectivity index (χ2v) is 6.27. The number of benzene rings is 2. The number of phenolic OH excluding ortho intramolecular Hbond substituents is 1. The molecule has 0 saturated heterocycles. The van der Waals surface area contributed by atoms with Crippen molar-refractivity contribution < 1.29 is 5.11 Å². The lowest BCUT2D eigenvalue weighted by Crippen LogP contribution is -2.28. The standard InChI is InChI=1S/C19H23NO/c1-13(2)19(14-6-4-3-5-7-14)20-18-11-8-15-12-16(21)9-10-17(15)18/h3-7,9-10,12-13,18-21H,8,11H2,1-2H3. The number of aryl methyl sites for hydroxylation is 1. The van der Waals surface area contributed by atoms with E-state index in [4.69, 9.17) is 0 Å². The van der Waals surface area contributed by atoms with E-state index in [2.05, 4.69) is 55.6 Å². The third-order valence-electron chi connectivity index (χ3n) is 4.41. The monoisotopic (exact) mass is 281 g/mol. The predicted molar refractivity (Wildman–Crippen MR) is 86.3 cm³/mol. The van der Waals surface area contributed by atoms with Gasteiger partial charge < -0.3 is 10.4 Å². The number of hydrogen-bond acceptors (Lipinski definition) is 2. The molecule has 3 rings (SSSR count). The molecule has 2 N–H and O–H groups in total. The van der Waals surface area contributed by atoms with Crippen molar-refractivity contribution in [1.29, 1.82) is 0 Å². The molecule has 2 aromatic carbocycles. The van der Waals surface area contributed by atoms with Gasteiger partial charge in [-0.2, -0.15) is 0 Å². The summed E-state index contributed by atoms with van der Waals surface area (Å²) in [5.74, 6) is 0.909. The summed E-state index contributed by atoms with van der Waals surface area (Å²) in [6.45, 7) is 4.52. The van der Waals surface area contributed by atoms with Gasteiger partial charge >= 0.3 is 0 Å². The number of fused-ring (bicyclic) bond motifs is 1. The van der Waals surface area contributed by atoms with Crippen molar-refractivity contribution in [3.05, 3.63) is 65.2 Å². The molecule has 0 bridgehead atoms. The summed E-state index contributed by atoms with van der Waals surface area (Å²) in [6, 6.07) is 17.2. The van der Waals surface area contributed by atoms with E-state index in [1.54, 1.807) is 6.07 Å². The van der Waals surface area contributed by atoms with Crippen molar-refractivity contribution in [3.8, 4) is 5.75 Å². The molecule has 0 aliphatic heterocycles. The van der Waals surface area contributed by atoms with Crippen LogP contribution in [0.25, 0.3) is 0 Å². The Kier molecular flexibility index (Phi) is 3.98. The maximum atomic E-state index is 9.61. The maximum absolute atomic E-state index is 9.61. The second kappa shape index (κ2) is 5.90. The van der Waals surface area contributed by atoms with E-state index >= 15 is 0 Å². The van der Waals surface area contributed by atoms with Gasteiger partial charge in [-0.05, 0) is 47.6 Å². The lowest BCUT2D eigenvalue weighted by atomic mass is 9.94. The van der Waals surface area contributed by atoms with Crippen LogP contribution < -0.4 is 5.32 Å². The van der Waals surface area contributed by atoms with Crippen LogP contribution in [0.15, 0.2) is 48.5 Å². The quantitative estimate of drug-likeness (QED) is 0.872. The molecule has 21 heavy (non-hydrogen) atoms. The van der Waals surface area contributed by atoms with Crippen LogP contribution in [0.5, 0.6) is 5.75 Å². The summed E-state index contributed by atoms with van der Waals surface area (Å²) in [5.41, 5.74) is 3.97. The first-order valence-corrected chi connectivity index (χ1v) is 7.78. The number of phenols is 1. The Balaban J connectivity index is 1.83. The lowest BCUT2D eigenvalue weighted by molar-refractivity contribution is 0.361. The zero-order chi connectivity index (χ0) is 14.8. The van der Waals surface area contributed by atoms with E-state index in [1.807, 2.05) is 6.07 Å². The van der Waals surface area contributed by atoms with Crippen LogP contribution in [0.1, 0.15) is 49.0 Å². The Bertz CT molecular complexity index is 606. The Morgan fingerprint density at radius 1 is 1.10 bits per heavy atom. The molecule has 0 amide bonds. The van der Waals surface area contributed by atoms with Gasteiger partial charge in [0.15, 0.2) is 0 Å². The fourth-order valence-electron chi connectivity index (χ4n) is 3.33. The van der Waals surface area contributed by atoms with Crippen LogP contribution in [0.2, 0.25) is 0 Å². The third kappa shape index (κ3) is 2.96. The Hall–Kier alpha value is -1.80. The largest absolute Gasteiger partial charge is 0.508 e. The second-order valence-electron chi connectivity index (χ2n) is 6.27. The SMILES string of the molecule is CC(C)C(NC1CCc2cc(O)ccc21)c1ccccc1. The number of nitrogens with one attached hydrogen (secondary N) is 1. The van der Waals surface area contributed by atoms with Crippen molar-refractivity contribution in [2.75, 3.05) is 0 Å². The number of aromatic hydroxyl groups is 1. The van der Waals surface area contributed by atoms with E-state index < -0.39 is 0 Å².